The zero-order valence-electron chi connectivity index (χ0n) is 8.67. The van der Waals surface area contributed by atoms with E-state index in [9.17, 15) is 10.1 Å². The molecule has 0 amide bonds. The highest BCUT2D eigenvalue weighted by atomic mass is 35.5. The molecule has 5 heteroatoms. The minimum Gasteiger partial charge on any atom is -0.457 e. The molecule has 0 aromatic heterocycles. The van der Waals surface area contributed by atoms with Crippen LogP contribution in [0.5, 0.6) is 11.5 Å². The summed E-state index contributed by atoms with van der Waals surface area (Å²) in [5.41, 5.74) is 0.0356. The number of non-ortho nitro benzene ring substituents is 1. The van der Waals surface area contributed by atoms with Gasteiger partial charge in [0.05, 0.1) is 4.92 Å². The summed E-state index contributed by atoms with van der Waals surface area (Å²) in [5.74, 6) is 1.17. The Morgan fingerprint density at radius 3 is 1.88 bits per heavy atom. The van der Waals surface area contributed by atoms with Crippen molar-refractivity contribution in [2.24, 2.45) is 0 Å². The molecule has 2 aromatic carbocycles. The Morgan fingerprint density at radius 1 is 0.941 bits per heavy atom. The molecule has 0 aliphatic carbocycles. The van der Waals surface area contributed by atoms with Crippen molar-refractivity contribution in [3.05, 3.63) is 63.7 Å². The summed E-state index contributed by atoms with van der Waals surface area (Å²) < 4.78 is 5.49. The Morgan fingerprint density at radius 2 is 1.41 bits per heavy atom. The summed E-state index contributed by atoms with van der Waals surface area (Å²) in [6.45, 7) is 0. The van der Waals surface area contributed by atoms with Crippen LogP contribution in [-0.4, -0.2) is 4.92 Å². The van der Waals surface area contributed by atoms with E-state index in [4.69, 9.17) is 16.3 Å². The van der Waals surface area contributed by atoms with Crippen LogP contribution in [0.1, 0.15) is 0 Å². The lowest BCUT2D eigenvalue weighted by Gasteiger charge is -2.04. The number of hydrogen-bond acceptors (Lipinski definition) is 3. The molecule has 2 aromatic rings. The number of nitro benzene ring substituents is 1. The van der Waals surface area contributed by atoms with Gasteiger partial charge < -0.3 is 4.74 Å². The Hall–Kier alpha value is -2.07. The monoisotopic (exact) mass is 249 g/mol. The van der Waals surface area contributed by atoms with E-state index in [1.165, 1.54) is 12.1 Å². The summed E-state index contributed by atoms with van der Waals surface area (Å²) in [4.78, 5) is 10.0. The minimum atomic E-state index is -0.452. The standard InChI is InChI=1S/C12H8ClNO3/c13-9-1-5-11(6-2-9)17-12-7-3-10(4-8-12)14(15)16/h1-8H. The number of hydrogen-bond donors (Lipinski definition) is 0. The highest BCUT2D eigenvalue weighted by molar-refractivity contribution is 6.30. The topological polar surface area (TPSA) is 52.4 Å². The molecule has 0 spiro atoms. The van der Waals surface area contributed by atoms with Gasteiger partial charge in [-0.1, -0.05) is 11.6 Å². The Balaban J connectivity index is 2.13. The Kier molecular flexibility index (Phi) is 3.25. The maximum absolute atomic E-state index is 10.5. The summed E-state index contributed by atoms with van der Waals surface area (Å²) in [5, 5.41) is 11.1. The molecular formula is C12H8ClNO3. The zero-order chi connectivity index (χ0) is 12.3. The van der Waals surface area contributed by atoms with Crippen LogP contribution in [0.15, 0.2) is 48.5 Å². The van der Waals surface area contributed by atoms with E-state index in [0.717, 1.165) is 0 Å². The predicted molar refractivity (Wildman–Crippen MR) is 64.6 cm³/mol. The second-order valence-electron chi connectivity index (χ2n) is 3.31. The van der Waals surface area contributed by atoms with E-state index < -0.39 is 4.92 Å². The largest absolute Gasteiger partial charge is 0.457 e. The predicted octanol–water partition coefficient (Wildman–Crippen LogP) is 4.04. The molecule has 0 fully saturated rings. The van der Waals surface area contributed by atoms with Crippen molar-refractivity contribution in [2.45, 2.75) is 0 Å². The first-order valence-electron chi connectivity index (χ1n) is 4.83. The third-order valence-corrected chi connectivity index (χ3v) is 2.35. The SMILES string of the molecule is O=[N+]([O-])c1ccc(Oc2ccc(Cl)cc2)cc1. The second-order valence-corrected chi connectivity index (χ2v) is 3.74. The van der Waals surface area contributed by atoms with Gasteiger partial charge in [-0.15, -0.1) is 0 Å². The van der Waals surface area contributed by atoms with Crippen LogP contribution >= 0.6 is 11.6 Å². The van der Waals surface area contributed by atoms with Gasteiger partial charge in [-0.05, 0) is 36.4 Å². The Bertz CT molecular complexity index is 522. The van der Waals surface area contributed by atoms with E-state index in [1.54, 1.807) is 36.4 Å². The fourth-order valence-corrected chi connectivity index (χ4v) is 1.40. The van der Waals surface area contributed by atoms with Crippen molar-refractivity contribution < 1.29 is 9.66 Å². The van der Waals surface area contributed by atoms with Crippen LogP contribution in [0.2, 0.25) is 5.02 Å². The van der Waals surface area contributed by atoms with Crippen molar-refractivity contribution in [2.75, 3.05) is 0 Å². The molecule has 0 atom stereocenters. The molecule has 0 aliphatic heterocycles. The molecule has 2 rings (SSSR count). The van der Waals surface area contributed by atoms with Crippen LogP contribution in [0.4, 0.5) is 5.69 Å². The molecule has 0 saturated heterocycles. The lowest BCUT2D eigenvalue weighted by molar-refractivity contribution is -0.384. The van der Waals surface area contributed by atoms with Gasteiger partial charge in [0.15, 0.2) is 0 Å². The van der Waals surface area contributed by atoms with Gasteiger partial charge >= 0.3 is 0 Å². The van der Waals surface area contributed by atoms with Gasteiger partial charge in [-0.2, -0.15) is 0 Å². The first-order chi connectivity index (χ1) is 8.15. The number of nitro groups is 1. The van der Waals surface area contributed by atoms with E-state index in [0.29, 0.717) is 16.5 Å². The molecule has 0 bridgehead atoms. The van der Waals surface area contributed by atoms with Gasteiger partial charge in [-0.3, -0.25) is 10.1 Å². The summed E-state index contributed by atoms with van der Waals surface area (Å²) in [6, 6.07) is 12.8. The van der Waals surface area contributed by atoms with Gasteiger partial charge in [0.25, 0.3) is 5.69 Å². The molecule has 0 unspecified atom stereocenters. The fraction of sp³-hybridized carbons (Fsp3) is 0. The van der Waals surface area contributed by atoms with Gasteiger partial charge in [0, 0.05) is 17.2 Å². The van der Waals surface area contributed by atoms with Gasteiger partial charge in [0.2, 0.25) is 0 Å². The number of halogens is 1. The average Bonchev–Trinajstić information content (AvgIpc) is 2.33. The Labute approximate surface area is 103 Å². The molecule has 0 saturated carbocycles. The summed E-state index contributed by atoms with van der Waals surface area (Å²) in [6.07, 6.45) is 0. The van der Waals surface area contributed by atoms with Crippen molar-refractivity contribution >= 4 is 17.3 Å². The van der Waals surface area contributed by atoms with Crippen molar-refractivity contribution in [3.8, 4) is 11.5 Å². The minimum absolute atomic E-state index is 0.0356. The smallest absolute Gasteiger partial charge is 0.269 e. The molecule has 4 nitrogen and oxygen atoms in total. The maximum atomic E-state index is 10.5. The first-order valence-corrected chi connectivity index (χ1v) is 5.21. The maximum Gasteiger partial charge on any atom is 0.269 e. The highest BCUT2D eigenvalue weighted by Gasteiger charge is 2.04. The number of nitrogens with zero attached hydrogens (tertiary/aromatic N) is 1. The molecular weight excluding hydrogens is 242 g/mol. The lowest BCUT2D eigenvalue weighted by atomic mass is 10.3. The summed E-state index contributed by atoms with van der Waals surface area (Å²) >= 11 is 5.74. The van der Waals surface area contributed by atoms with E-state index >= 15 is 0 Å². The van der Waals surface area contributed by atoms with E-state index in [2.05, 4.69) is 0 Å². The lowest BCUT2D eigenvalue weighted by Crippen LogP contribution is -1.88. The quantitative estimate of drug-likeness (QED) is 0.609. The van der Waals surface area contributed by atoms with Crippen LogP contribution in [0.3, 0.4) is 0 Å². The molecule has 0 radical (unpaired) electrons. The number of benzene rings is 2. The highest BCUT2D eigenvalue weighted by Crippen LogP contribution is 2.24. The van der Waals surface area contributed by atoms with Crippen LogP contribution < -0.4 is 4.74 Å². The molecule has 86 valence electrons. The third-order valence-electron chi connectivity index (χ3n) is 2.10. The van der Waals surface area contributed by atoms with E-state index in [1.807, 2.05) is 0 Å². The molecule has 0 heterocycles. The second kappa shape index (κ2) is 4.84. The van der Waals surface area contributed by atoms with Crippen molar-refractivity contribution in [3.63, 3.8) is 0 Å². The molecule has 0 N–H and O–H groups in total. The average molecular weight is 250 g/mol. The van der Waals surface area contributed by atoms with Gasteiger partial charge in [-0.25, -0.2) is 0 Å². The van der Waals surface area contributed by atoms with E-state index in [-0.39, 0.29) is 5.69 Å². The van der Waals surface area contributed by atoms with Crippen molar-refractivity contribution in [1.29, 1.82) is 0 Å². The molecule has 0 aliphatic rings. The normalized spacial score (nSPS) is 9.94. The van der Waals surface area contributed by atoms with Gasteiger partial charge in [0.1, 0.15) is 11.5 Å². The summed E-state index contributed by atoms with van der Waals surface area (Å²) in [7, 11) is 0. The van der Waals surface area contributed by atoms with Crippen LogP contribution in [0.25, 0.3) is 0 Å². The van der Waals surface area contributed by atoms with Crippen molar-refractivity contribution in [1.82, 2.24) is 0 Å². The fourth-order valence-electron chi connectivity index (χ4n) is 1.27. The first kappa shape index (κ1) is 11.4. The zero-order valence-corrected chi connectivity index (χ0v) is 9.42. The number of ether oxygens (including phenoxy) is 1. The third kappa shape index (κ3) is 2.95. The van der Waals surface area contributed by atoms with Crippen LogP contribution in [-0.2, 0) is 0 Å². The van der Waals surface area contributed by atoms with Crippen LogP contribution in [0, 0.1) is 10.1 Å². The molecule has 17 heavy (non-hydrogen) atoms. The number of rotatable bonds is 3.